The molecule has 0 unspecified atom stereocenters. The van der Waals surface area contributed by atoms with Crippen molar-refractivity contribution < 1.29 is 13.2 Å². The topological polar surface area (TPSA) is 75.3 Å². The van der Waals surface area contributed by atoms with Gasteiger partial charge in [0.1, 0.15) is 0 Å². The first kappa shape index (κ1) is 19.4. The summed E-state index contributed by atoms with van der Waals surface area (Å²) in [6.45, 7) is 0. The van der Waals surface area contributed by atoms with Crippen LogP contribution >= 0.6 is 27.5 Å². The Morgan fingerprint density at radius 1 is 0.889 bits per heavy atom. The molecular formula is C19H14BrClN2O3S. The van der Waals surface area contributed by atoms with Crippen LogP contribution in [0.15, 0.2) is 82.2 Å². The van der Waals surface area contributed by atoms with E-state index in [1.807, 2.05) is 6.07 Å². The summed E-state index contributed by atoms with van der Waals surface area (Å²) in [6, 6.07) is 19.5. The number of benzene rings is 3. The second-order valence-electron chi connectivity index (χ2n) is 5.58. The van der Waals surface area contributed by atoms with Crippen molar-refractivity contribution in [1.82, 2.24) is 0 Å². The Morgan fingerprint density at radius 3 is 2.30 bits per heavy atom. The van der Waals surface area contributed by atoms with E-state index in [1.165, 1.54) is 24.3 Å². The van der Waals surface area contributed by atoms with Crippen LogP contribution in [-0.2, 0) is 10.0 Å². The number of anilines is 2. The van der Waals surface area contributed by atoms with Gasteiger partial charge in [0.25, 0.3) is 15.9 Å². The predicted octanol–water partition coefficient (Wildman–Crippen LogP) is 5.16. The smallest absolute Gasteiger partial charge is 0.261 e. The van der Waals surface area contributed by atoms with Crippen molar-refractivity contribution in [2.45, 2.75) is 4.90 Å². The van der Waals surface area contributed by atoms with E-state index in [2.05, 4.69) is 26.0 Å². The minimum atomic E-state index is -3.89. The molecule has 0 aliphatic rings. The minimum Gasteiger partial charge on any atom is -0.322 e. The van der Waals surface area contributed by atoms with Gasteiger partial charge in [0.2, 0.25) is 0 Å². The van der Waals surface area contributed by atoms with Crippen molar-refractivity contribution in [1.29, 1.82) is 0 Å². The van der Waals surface area contributed by atoms with Gasteiger partial charge in [-0.1, -0.05) is 35.9 Å². The number of amides is 1. The maximum Gasteiger partial charge on any atom is 0.261 e. The zero-order chi connectivity index (χ0) is 19.4. The molecule has 0 heterocycles. The first-order chi connectivity index (χ1) is 12.8. The lowest BCUT2D eigenvalue weighted by Crippen LogP contribution is -2.16. The molecule has 3 rings (SSSR count). The molecule has 0 fully saturated rings. The van der Waals surface area contributed by atoms with Crippen LogP contribution < -0.4 is 10.0 Å². The number of hydrogen-bond acceptors (Lipinski definition) is 3. The molecule has 0 aromatic heterocycles. The van der Waals surface area contributed by atoms with Crippen molar-refractivity contribution in [3.05, 3.63) is 87.9 Å². The third-order valence-electron chi connectivity index (χ3n) is 3.60. The predicted molar refractivity (Wildman–Crippen MR) is 111 cm³/mol. The van der Waals surface area contributed by atoms with E-state index in [0.29, 0.717) is 20.9 Å². The Kier molecular flexibility index (Phi) is 5.84. The van der Waals surface area contributed by atoms with Gasteiger partial charge in [-0.05, 0) is 64.5 Å². The van der Waals surface area contributed by atoms with Gasteiger partial charge in [0.05, 0.1) is 16.1 Å². The highest BCUT2D eigenvalue weighted by atomic mass is 79.9. The van der Waals surface area contributed by atoms with Gasteiger partial charge in [0, 0.05) is 15.2 Å². The number of sulfonamides is 1. The van der Waals surface area contributed by atoms with Crippen LogP contribution in [0.3, 0.4) is 0 Å². The summed E-state index contributed by atoms with van der Waals surface area (Å²) in [4.78, 5) is 12.5. The maximum atomic E-state index is 12.7. The van der Waals surface area contributed by atoms with Crippen LogP contribution in [0.2, 0.25) is 5.02 Å². The number of carbonyl (C=O) groups excluding carboxylic acids is 1. The fourth-order valence-electron chi connectivity index (χ4n) is 2.33. The number of hydrogen-bond donors (Lipinski definition) is 2. The second kappa shape index (κ2) is 8.12. The molecule has 0 saturated carbocycles. The largest absolute Gasteiger partial charge is 0.322 e. The van der Waals surface area contributed by atoms with Crippen molar-refractivity contribution in [3.8, 4) is 0 Å². The van der Waals surface area contributed by atoms with Crippen molar-refractivity contribution in [2.75, 3.05) is 10.0 Å². The van der Waals surface area contributed by atoms with Gasteiger partial charge in [-0.3, -0.25) is 9.52 Å². The van der Waals surface area contributed by atoms with Crippen LogP contribution in [0.5, 0.6) is 0 Å². The maximum absolute atomic E-state index is 12.7. The third-order valence-corrected chi connectivity index (χ3v) is 5.91. The summed E-state index contributed by atoms with van der Waals surface area (Å²) >= 11 is 9.18. The lowest BCUT2D eigenvalue weighted by Gasteiger charge is -2.11. The molecule has 3 aromatic rings. The van der Waals surface area contributed by atoms with Gasteiger partial charge >= 0.3 is 0 Å². The summed E-state index contributed by atoms with van der Waals surface area (Å²) in [6.07, 6.45) is 0. The van der Waals surface area contributed by atoms with Crippen LogP contribution in [-0.4, -0.2) is 14.3 Å². The molecule has 0 radical (unpaired) electrons. The average molecular weight is 466 g/mol. The molecule has 3 aromatic carbocycles. The Labute approximate surface area is 170 Å². The number of carbonyl (C=O) groups is 1. The fraction of sp³-hybridized carbons (Fsp3) is 0. The van der Waals surface area contributed by atoms with E-state index >= 15 is 0 Å². The van der Waals surface area contributed by atoms with E-state index < -0.39 is 15.9 Å². The molecule has 1 amide bonds. The number of para-hydroxylation sites is 1. The lowest BCUT2D eigenvalue weighted by molar-refractivity contribution is 0.102. The van der Waals surface area contributed by atoms with Crippen LogP contribution in [0.25, 0.3) is 0 Å². The zero-order valence-corrected chi connectivity index (χ0v) is 17.0. The van der Waals surface area contributed by atoms with Crippen molar-refractivity contribution in [2.24, 2.45) is 0 Å². The molecule has 27 heavy (non-hydrogen) atoms. The molecule has 138 valence electrons. The summed E-state index contributed by atoms with van der Waals surface area (Å²) in [7, 11) is -3.89. The summed E-state index contributed by atoms with van der Waals surface area (Å²) in [5.74, 6) is -0.423. The number of rotatable bonds is 5. The molecule has 0 aliphatic carbocycles. The summed E-state index contributed by atoms with van der Waals surface area (Å²) < 4.78 is 28.2. The average Bonchev–Trinajstić information content (AvgIpc) is 2.62. The highest BCUT2D eigenvalue weighted by Gasteiger charge is 2.19. The highest BCUT2D eigenvalue weighted by molar-refractivity contribution is 9.10. The van der Waals surface area contributed by atoms with Gasteiger partial charge < -0.3 is 5.32 Å². The van der Waals surface area contributed by atoms with Gasteiger partial charge in [0.15, 0.2) is 0 Å². The van der Waals surface area contributed by atoms with Crippen LogP contribution in [0.1, 0.15) is 10.4 Å². The number of nitrogens with one attached hydrogen (secondary N) is 2. The Morgan fingerprint density at radius 2 is 1.59 bits per heavy atom. The van der Waals surface area contributed by atoms with E-state index in [1.54, 1.807) is 42.5 Å². The fourth-order valence-corrected chi connectivity index (χ4v) is 4.02. The van der Waals surface area contributed by atoms with E-state index in [9.17, 15) is 13.2 Å². The van der Waals surface area contributed by atoms with Crippen LogP contribution in [0.4, 0.5) is 11.4 Å². The minimum absolute atomic E-state index is 0.0381. The standard InChI is InChI=1S/C19H14BrClN2O3S/c20-18-10-9-16(27(25,26)23-15-8-4-5-13(21)11-15)12-17(18)19(24)22-14-6-2-1-3-7-14/h1-12,23H,(H,22,24). The molecule has 0 saturated heterocycles. The van der Waals surface area contributed by atoms with Crippen LogP contribution in [0, 0.1) is 0 Å². The highest BCUT2D eigenvalue weighted by Crippen LogP contribution is 2.25. The Balaban J connectivity index is 1.89. The Hall–Kier alpha value is -2.35. The molecule has 5 nitrogen and oxygen atoms in total. The lowest BCUT2D eigenvalue weighted by atomic mass is 10.2. The molecule has 0 atom stereocenters. The Bertz CT molecular complexity index is 1090. The normalized spacial score (nSPS) is 11.0. The molecular weight excluding hydrogens is 452 g/mol. The van der Waals surface area contributed by atoms with Gasteiger partial charge in [-0.2, -0.15) is 0 Å². The van der Waals surface area contributed by atoms with Gasteiger partial charge in [-0.25, -0.2) is 8.42 Å². The quantitative estimate of drug-likeness (QED) is 0.547. The number of halogens is 2. The summed E-state index contributed by atoms with van der Waals surface area (Å²) in [5.41, 5.74) is 1.15. The molecule has 0 spiro atoms. The first-order valence-electron chi connectivity index (χ1n) is 7.79. The molecule has 0 aliphatic heterocycles. The van der Waals surface area contributed by atoms with Crippen molar-refractivity contribution >= 4 is 54.8 Å². The monoisotopic (exact) mass is 464 g/mol. The third kappa shape index (κ3) is 4.88. The van der Waals surface area contributed by atoms with Gasteiger partial charge in [-0.15, -0.1) is 0 Å². The molecule has 0 bridgehead atoms. The molecule has 8 heteroatoms. The van der Waals surface area contributed by atoms with Crippen molar-refractivity contribution in [3.63, 3.8) is 0 Å². The van der Waals surface area contributed by atoms with E-state index in [-0.39, 0.29) is 10.5 Å². The second-order valence-corrected chi connectivity index (χ2v) is 8.55. The summed E-state index contributed by atoms with van der Waals surface area (Å²) in [5, 5.41) is 3.14. The van der Waals surface area contributed by atoms with E-state index in [0.717, 1.165) is 0 Å². The zero-order valence-electron chi connectivity index (χ0n) is 13.8. The van der Waals surface area contributed by atoms with E-state index in [4.69, 9.17) is 11.6 Å². The molecule has 2 N–H and O–H groups in total. The SMILES string of the molecule is O=C(Nc1ccccc1)c1cc(S(=O)(=O)Nc2cccc(Cl)c2)ccc1Br. The first-order valence-corrected chi connectivity index (χ1v) is 10.4.